The molecule has 1 heterocycles. The lowest BCUT2D eigenvalue weighted by Crippen LogP contribution is -2.35. The maximum Gasteiger partial charge on any atom is 0.181 e. The van der Waals surface area contributed by atoms with Crippen molar-refractivity contribution in [3.63, 3.8) is 0 Å². The van der Waals surface area contributed by atoms with Crippen molar-refractivity contribution in [3.8, 4) is 0 Å². The standard InChI is InChI=1S/C14H21N3OS/c1-4-17(10(2)9-18-3)8-11-5-6-12-13(7-11)19-14(15)16-12/h5-7,10H,4,8-9H2,1-3H3,(H2,15,16). The predicted molar refractivity (Wildman–Crippen MR) is 81.5 cm³/mol. The lowest BCUT2D eigenvalue weighted by Gasteiger charge is -2.27. The van der Waals surface area contributed by atoms with E-state index in [9.17, 15) is 0 Å². The molecule has 0 bridgehead atoms. The number of thiazole rings is 1. The third-order valence-electron chi connectivity index (χ3n) is 3.29. The van der Waals surface area contributed by atoms with Gasteiger partial charge in [-0.05, 0) is 31.2 Å². The van der Waals surface area contributed by atoms with E-state index in [4.69, 9.17) is 10.5 Å². The molecule has 104 valence electrons. The molecule has 0 aliphatic rings. The Bertz CT molecular complexity index is 540. The second-order valence-electron chi connectivity index (χ2n) is 4.72. The number of ether oxygens (including phenoxy) is 1. The summed E-state index contributed by atoms with van der Waals surface area (Å²) in [6, 6.07) is 6.78. The second kappa shape index (κ2) is 6.32. The van der Waals surface area contributed by atoms with Crippen LogP contribution in [0.2, 0.25) is 0 Å². The van der Waals surface area contributed by atoms with Gasteiger partial charge < -0.3 is 10.5 Å². The van der Waals surface area contributed by atoms with Crippen LogP contribution in [0.25, 0.3) is 10.2 Å². The van der Waals surface area contributed by atoms with Gasteiger partial charge in [-0.1, -0.05) is 24.3 Å². The quantitative estimate of drug-likeness (QED) is 0.883. The van der Waals surface area contributed by atoms with E-state index in [2.05, 4.69) is 35.9 Å². The van der Waals surface area contributed by atoms with Gasteiger partial charge in [-0.25, -0.2) is 4.98 Å². The Morgan fingerprint density at radius 2 is 2.26 bits per heavy atom. The van der Waals surface area contributed by atoms with E-state index in [1.165, 1.54) is 5.56 Å². The van der Waals surface area contributed by atoms with Gasteiger partial charge in [-0.15, -0.1) is 0 Å². The first-order valence-corrected chi connectivity index (χ1v) is 7.33. The summed E-state index contributed by atoms with van der Waals surface area (Å²) >= 11 is 1.54. The molecule has 0 saturated carbocycles. The molecule has 2 aromatic rings. The molecular formula is C14H21N3OS. The number of nitrogens with zero attached hydrogens (tertiary/aromatic N) is 2. The predicted octanol–water partition coefficient (Wildman–Crippen LogP) is 2.74. The van der Waals surface area contributed by atoms with Gasteiger partial charge in [0.2, 0.25) is 0 Å². The van der Waals surface area contributed by atoms with Crippen LogP contribution in [0.15, 0.2) is 18.2 Å². The fraction of sp³-hybridized carbons (Fsp3) is 0.500. The molecule has 4 nitrogen and oxygen atoms in total. The molecule has 0 aliphatic heterocycles. The van der Waals surface area contributed by atoms with Gasteiger partial charge in [-0.3, -0.25) is 4.90 Å². The smallest absolute Gasteiger partial charge is 0.181 e. The minimum atomic E-state index is 0.414. The molecule has 5 heteroatoms. The highest BCUT2D eigenvalue weighted by molar-refractivity contribution is 7.22. The molecule has 0 radical (unpaired) electrons. The molecule has 1 aromatic carbocycles. The monoisotopic (exact) mass is 279 g/mol. The Hall–Kier alpha value is -1.17. The number of likely N-dealkylation sites (N-methyl/N-ethyl adjacent to an activating group) is 1. The molecule has 19 heavy (non-hydrogen) atoms. The molecule has 0 aliphatic carbocycles. The van der Waals surface area contributed by atoms with Crippen molar-refractivity contribution in [2.75, 3.05) is 26.0 Å². The summed E-state index contributed by atoms with van der Waals surface area (Å²) in [5.74, 6) is 0. The van der Waals surface area contributed by atoms with Gasteiger partial charge in [0.25, 0.3) is 0 Å². The average molecular weight is 279 g/mol. The molecular weight excluding hydrogens is 258 g/mol. The van der Waals surface area contributed by atoms with E-state index < -0.39 is 0 Å². The SMILES string of the molecule is CCN(Cc1ccc2nc(N)sc2c1)C(C)COC. The Morgan fingerprint density at radius 3 is 2.95 bits per heavy atom. The number of aromatic nitrogens is 1. The van der Waals surface area contributed by atoms with Crippen LogP contribution in [0, 0.1) is 0 Å². The number of nitrogens with two attached hydrogens (primary N) is 1. The van der Waals surface area contributed by atoms with Crippen LogP contribution in [-0.4, -0.2) is 36.2 Å². The van der Waals surface area contributed by atoms with E-state index in [1.54, 1.807) is 18.4 Å². The number of anilines is 1. The number of benzene rings is 1. The molecule has 1 atom stereocenters. The first-order chi connectivity index (χ1) is 9.13. The van der Waals surface area contributed by atoms with E-state index in [-0.39, 0.29) is 0 Å². The van der Waals surface area contributed by atoms with Crippen LogP contribution < -0.4 is 5.73 Å². The van der Waals surface area contributed by atoms with Crippen molar-refractivity contribution >= 4 is 26.7 Å². The molecule has 2 N–H and O–H groups in total. The zero-order chi connectivity index (χ0) is 13.8. The van der Waals surface area contributed by atoms with Crippen LogP contribution in [0.1, 0.15) is 19.4 Å². The number of rotatable bonds is 6. The van der Waals surface area contributed by atoms with Crippen molar-refractivity contribution in [1.29, 1.82) is 0 Å². The van der Waals surface area contributed by atoms with Crippen LogP contribution in [0.3, 0.4) is 0 Å². The molecule has 0 saturated heterocycles. The second-order valence-corrected chi connectivity index (χ2v) is 5.78. The normalized spacial score (nSPS) is 13.3. The zero-order valence-corrected chi connectivity index (χ0v) is 12.5. The van der Waals surface area contributed by atoms with Crippen LogP contribution >= 0.6 is 11.3 Å². The largest absolute Gasteiger partial charge is 0.383 e. The first-order valence-electron chi connectivity index (χ1n) is 6.52. The maximum absolute atomic E-state index is 5.74. The Kier molecular flexibility index (Phi) is 4.74. The minimum absolute atomic E-state index is 0.414. The van der Waals surface area contributed by atoms with Crippen molar-refractivity contribution in [2.45, 2.75) is 26.4 Å². The Labute approximate surface area is 118 Å². The van der Waals surface area contributed by atoms with Gasteiger partial charge in [0.1, 0.15) is 0 Å². The van der Waals surface area contributed by atoms with Crippen molar-refractivity contribution in [2.24, 2.45) is 0 Å². The summed E-state index contributed by atoms with van der Waals surface area (Å²) in [7, 11) is 1.75. The fourth-order valence-corrected chi connectivity index (χ4v) is 3.04. The van der Waals surface area contributed by atoms with Gasteiger partial charge in [0, 0.05) is 19.7 Å². The minimum Gasteiger partial charge on any atom is -0.383 e. The van der Waals surface area contributed by atoms with Crippen molar-refractivity contribution < 1.29 is 4.74 Å². The van der Waals surface area contributed by atoms with Crippen LogP contribution in [0.5, 0.6) is 0 Å². The number of hydrogen-bond donors (Lipinski definition) is 1. The highest BCUT2D eigenvalue weighted by Gasteiger charge is 2.12. The summed E-state index contributed by atoms with van der Waals surface area (Å²) < 4.78 is 6.39. The molecule has 1 unspecified atom stereocenters. The lowest BCUT2D eigenvalue weighted by molar-refractivity contribution is 0.0982. The average Bonchev–Trinajstić information content (AvgIpc) is 2.75. The molecule has 0 spiro atoms. The van der Waals surface area contributed by atoms with Gasteiger partial charge in [0.15, 0.2) is 5.13 Å². The van der Waals surface area contributed by atoms with Gasteiger partial charge in [-0.2, -0.15) is 0 Å². The topological polar surface area (TPSA) is 51.4 Å². The summed E-state index contributed by atoms with van der Waals surface area (Å²) in [6.45, 7) is 7.05. The number of hydrogen-bond acceptors (Lipinski definition) is 5. The van der Waals surface area contributed by atoms with Crippen molar-refractivity contribution in [1.82, 2.24) is 9.88 Å². The summed E-state index contributed by atoms with van der Waals surface area (Å²) in [5.41, 5.74) is 8.01. The van der Waals surface area contributed by atoms with Gasteiger partial charge in [0.05, 0.1) is 16.8 Å². The lowest BCUT2D eigenvalue weighted by atomic mass is 10.1. The number of nitrogen functional groups attached to an aromatic ring is 1. The van der Waals surface area contributed by atoms with E-state index >= 15 is 0 Å². The maximum atomic E-state index is 5.74. The molecule has 0 fully saturated rings. The Morgan fingerprint density at radius 1 is 1.47 bits per heavy atom. The van der Waals surface area contributed by atoms with Crippen molar-refractivity contribution in [3.05, 3.63) is 23.8 Å². The van der Waals surface area contributed by atoms with Crippen LogP contribution in [-0.2, 0) is 11.3 Å². The molecule has 2 rings (SSSR count). The summed E-state index contributed by atoms with van der Waals surface area (Å²) in [4.78, 5) is 6.68. The summed E-state index contributed by atoms with van der Waals surface area (Å²) in [5, 5.41) is 0.632. The Balaban J connectivity index is 2.14. The number of methoxy groups -OCH3 is 1. The fourth-order valence-electron chi connectivity index (χ4n) is 2.25. The van der Waals surface area contributed by atoms with E-state index in [0.717, 1.165) is 29.9 Å². The highest BCUT2D eigenvalue weighted by atomic mass is 32.1. The summed E-state index contributed by atoms with van der Waals surface area (Å²) in [6.07, 6.45) is 0. The highest BCUT2D eigenvalue weighted by Crippen LogP contribution is 2.25. The van der Waals surface area contributed by atoms with E-state index in [1.807, 2.05) is 6.07 Å². The third kappa shape index (κ3) is 3.43. The molecule has 1 aromatic heterocycles. The van der Waals surface area contributed by atoms with Gasteiger partial charge >= 0.3 is 0 Å². The molecule has 0 amide bonds. The van der Waals surface area contributed by atoms with E-state index in [0.29, 0.717) is 11.2 Å². The number of fused-ring (bicyclic) bond motifs is 1. The first kappa shape index (κ1) is 14.2. The third-order valence-corrected chi connectivity index (χ3v) is 4.14. The zero-order valence-electron chi connectivity index (χ0n) is 11.7. The van der Waals surface area contributed by atoms with Crippen LogP contribution in [0.4, 0.5) is 5.13 Å².